The minimum atomic E-state index is -3.42. The number of hydrogen-bond acceptors (Lipinski definition) is 6. The maximum Gasteiger partial charge on any atom is 0.220 e. The van der Waals surface area contributed by atoms with Gasteiger partial charge in [-0.15, -0.1) is 0 Å². The van der Waals surface area contributed by atoms with Crippen LogP contribution in [0.4, 0.5) is 5.69 Å². The topological polar surface area (TPSA) is 101 Å². The Morgan fingerprint density at radius 2 is 2.00 bits per heavy atom. The number of carbonyl (C=O) groups is 1. The highest BCUT2D eigenvalue weighted by atomic mass is 32.2. The summed E-state index contributed by atoms with van der Waals surface area (Å²) < 4.78 is 25.7. The summed E-state index contributed by atoms with van der Waals surface area (Å²) >= 11 is 0. The largest absolute Gasteiger partial charge is 0.493 e. The zero-order chi connectivity index (χ0) is 19.5. The molecule has 26 heavy (non-hydrogen) atoms. The van der Waals surface area contributed by atoms with Crippen LogP contribution in [0.1, 0.15) is 42.6 Å². The van der Waals surface area contributed by atoms with Crippen LogP contribution in [0.3, 0.4) is 0 Å². The Morgan fingerprint density at radius 3 is 2.54 bits per heavy atom. The van der Waals surface area contributed by atoms with Crippen LogP contribution < -0.4 is 5.32 Å². The molecule has 0 unspecified atom stereocenters. The molecule has 0 aliphatic carbocycles. The number of unbranched alkanes of at least 4 members (excludes halogenated alkanes) is 1. The highest BCUT2D eigenvalue weighted by Crippen LogP contribution is 2.36. The van der Waals surface area contributed by atoms with Gasteiger partial charge < -0.3 is 10.4 Å². The number of rotatable bonds is 8. The SMILES string of the molecule is CCCCNc1c(S(C)(=O)=O)ccc(-c2nn(CC)c(O)c2C=O)c1C. The first-order chi connectivity index (χ1) is 12.3. The lowest BCUT2D eigenvalue weighted by atomic mass is 10.0. The molecule has 142 valence electrons. The Labute approximate surface area is 154 Å². The summed E-state index contributed by atoms with van der Waals surface area (Å²) in [6, 6.07) is 3.15. The number of aromatic nitrogens is 2. The van der Waals surface area contributed by atoms with Crippen LogP contribution in [0.25, 0.3) is 11.3 Å². The van der Waals surface area contributed by atoms with Gasteiger partial charge in [0.05, 0.1) is 10.6 Å². The maximum absolute atomic E-state index is 12.2. The average Bonchev–Trinajstić information content (AvgIpc) is 2.90. The van der Waals surface area contributed by atoms with Crippen molar-refractivity contribution in [3.8, 4) is 17.1 Å². The van der Waals surface area contributed by atoms with Gasteiger partial charge in [0.1, 0.15) is 11.3 Å². The number of sulfone groups is 1. The Hall–Kier alpha value is -2.35. The van der Waals surface area contributed by atoms with Gasteiger partial charge >= 0.3 is 0 Å². The molecule has 0 fully saturated rings. The van der Waals surface area contributed by atoms with Crippen LogP contribution in [0.15, 0.2) is 17.0 Å². The second-order valence-electron chi connectivity index (χ2n) is 6.18. The third kappa shape index (κ3) is 3.75. The molecule has 8 heteroatoms. The van der Waals surface area contributed by atoms with Gasteiger partial charge in [0.25, 0.3) is 0 Å². The van der Waals surface area contributed by atoms with Gasteiger partial charge in [-0.25, -0.2) is 13.1 Å². The number of aryl methyl sites for hydroxylation is 1. The Bertz CT molecular complexity index is 917. The smallest absolute Gasteiger partial charge is 0.220 e. The number of aromatic hydroxyl groups is 1. The van der Waals surface area contributed by atoms with Gasteiger partial charge in [-0.1, -0.05) is 19.4 Å². The van der Waals surface area contributed by atoms with Crippen molar-refractivity contribution in [2.75, 3.05) is 18.1 Å². The van der Waals surface area contributed by atoms with Crippen LogP contribution >= 0.6 is 0 Å². The van der Waals surface area contributed by atoms with Gasteiger partial charge in [-0.2, -0.15) is 5.10 Å². The summed E-state index contributed by atoms with van der Waals surface area (Å²) in [5.41, 5.74) is 2.24. The molecule has 2 aromatic rings. The van der Waals surface area contributed by atoms with Crippen molar-refractivity contribution in [3.05, 3.63) is 23.3 Å². The fourth-order valence-electron chi connectivity index (χ4n) is 2.86. The van der Waals surface area contributed by atoms with Crippen LogP contribution in [-0.2, 0) is 16.4 Å². The van der Waals surface area contributed by atoms with E-state index in [1.165, 1.54) is 17.0 Å². The number of anilines is 1. The summed E-state index contributed by atoms with van der Waals surface area (Å²) in [6.07, 6.45) is 3.61. The van der Waals surface area contributed by atoms with Crippen LogP contribution in [0, 0.1) is 6.92 Å². The quantitative estimate of drug-likeness (QED) is 0.540. The molecule has 1 heterocycles. The number of carbonyl (C=O) groups excluding carboxylic acids is 1. The Morgan fingerprint density at radius 1 is 1.31 bits per heavy atom. The third-order valence-corrected chi connectivity index (χ3v) is 5.43. The van der Waals surface area contributed by atoms with E-state index < -0.39 is 9.84 Å². The zero-order valence-electron chi connectivity index (χ0n) is 15.5. The van der Waals surface area contributed by atoms with Gasteiger partial charge in [0.15, 0.2) is 16.1 Å². The predicted molar refractivity (Wildman–Crippen MR) is 102 cm³/mol. The highest BCUT2D eigenvalue weighted by molar-refractivity contribution is 7.90. The van der Waals surface area contributed by atoms with E-state index in [0.717, 1.165) is 12.8 Å². The standard InChI is InChI=1S/C18H25N3O4S/c1-5-7-10-19-16-12(3)13(8-9-15(16)26(4,24)25)17-14(11-22)18(23)21(6-2)20-17/h8-9,11,19,23H,5-7,10H2,1-4H3. The third-order valence-electron chi connectivity index (χ3n) is 4.29. The molecule has 0 bridgehead atoms. The van der Waals surface area contributed by atoms with E-state index in [-0.39, 0.29) is 16.3 Å². The lowest BCUT2D eigenvalue weighted by molar-refractivity contribution is 0.112. The van der Waals surface area contributed by atoms with Crippen molar-refractivity contribution in [3.63, 3.8) is 0 Å². The average molecular weight is 379 g/mol. The molecular formula is C18H25N3O4S. The van der Waals surface area contributed by atoms with Crippen molar-refractivity contribution in [2.24, 2.45) is 0 Å². The van der Waals surface area contributed by atoms with Crippen molar-refractivity contribution in [2.45, 2.75) is 45.1 Å². The summed E-state index contributed by atoms with van der Waals surface area (Å²) in [7, 11) is -3.42. The summed E-state index contributed by atoms with van der Waals surface area (Å²) in [5.74, 6) is -0.190. The second-order valence-corrected chi connectivity index (χ2v) is 8.17. The molecule has 0 saturated carbocycles. The second kappa shape index (κ2) is 7.90. The number of hydrogen-bond donors (Lipinski definition) is 2. The first kappa shape index (κ1) is 20.0. The van der Waals surface area contributed by atoms with Crippen LogP contribution in [0.2, 0.25) is 0 Å². The molecule has 7 nitrogen and oxygen atoms in total. The van der Waals surface area contributed by atoms with E-state index in [2.05, 4.69) is 17.3 Å². The van der Waals surface area contributed by atoms with E-state index in [1.807, 2.05) is 6.92 Å². The van der Waals surface area contributed by atoms with Crippen LogP contribution in [-0.4, -0.2) is 42.4 Å². The summed E-state index contributed by atoms with van der Waals surface area (Å²) in [4.78, 5) is 11.7. The molecule has 1 aromatic heterocycles. The summed E-state index contributed by atoms with van der Waals surface area (Å²) in [6.45, 7) is 6.70. The molecular weight excluding hydrogens is 354 g/mol. The predicted octanol–water partition coefficient (Wildman–Crippen LogP) is 3.01. The lowest BCUT2D eigenvalue weighted by Gasteiger charge is -2.16. The molecule has 0 spiro atoms. The van der Waals surface area contributed by atoms with E-state index in [9.17, 15) is 18.3 Å². The summed E-state index contributed by atoms with van der Waals surface area (Å²) in [5, 5.41) is 17.7. The molecule has 0 atom stereocenters. The molecule has 0 saturated heterocycles. The number of benzene rings is 1. The fraction of sp³-hybridized carbons (Fsp3) is 0.444. The first-order valence-electron chi connectivity index (χ1n) is 8.59. The highest BCUT2D eigenvalue weighted by Gasteiger charge is 2.23. The van der Waals surface area contributed by atoms with E-state index in [0.29, 0.717) is 41.9 Å². The van der Waals surface area contributed by atoms with Crippen molar-refractivity contribution >= 4 is 21.8 Å². The zero-order valence-corrected chi connectivity index (χ0v) is 16.4. The maximum atomic E-state index is 12.2. The molecule has 2 rings (SSSR count). The normalized spacial score (nSPS) is 11.5. The van der Waals surface area contributed by atoms with Crippen molar-refractivity contribution in [1.29, 1.82) is 0 Å². The van der Waals surface area contributed by atoms with E-state index >= 15 is 0 Å². The fourth-order valence-corrected chi connectivity index (χ4v) is 3.77. The van der Waals surface area contributed by atoms with E-state index in [4.69, 9.17) is 0 Å². The Balaban J connectivity index is 2.69. The Kier molecular flexibility index (Phi) is 6.07. The molecule has 0 amide bonds. The first-order valence-corrected chi connectivity index (χ1v) is 10.5. The molecule has 0 aliphatic heterocycles. The van der Waals surface area contributed by atoms with Crippen molar-refractivity contribution in [1.82, 2.24) is 9.78 Å². The number of nitrogens with one attached hydrogen (secondary N) is 1. The van der Waals surface area contributed by atoms with Gasteiger partial charge in [-0.3, -0.25) is 4.79 Å². The van der Waals surface area contributed by atoms with Gasteiger partial charge in [-0.05, 0) is 31.9 Å². The number of nitrogens with zero attached hydrogens (tertiary/aromatic N) is 2. The number of aldehydes is 1. The van der Waals surface area contributed by atoms with Gasteiger partial charge in [0.2, 0.25) is 5.88 Å². The molecule has 0 aliphatic rings. The molecule has 1 aromatic carbocycles. The van der Waals surface area contributed by atoms with Crippen LogP contribution in [0.5, 0.6) is 5.88 Å². The lowest BCUT2D eigenvalue weighted by Crippen LogP contribution is -2.10. The van der Waals surface area contributed by atoms with E-state index in [1.54, 1.807) is 13.0 Å². The van der Waals surface area contributed by atoms with Gasteiger partial charge in [0, 0.05) is 24.9 Å². The molecule has 0 radical (unpaired) electrons. The monoisotopic (exact) mass is 379 g/mol. The minimum absolute atomic E-state index is 0.0987. The molecule has 2 N–H and O–H groups in total. The minimum Gasteiger partial charge on any atom is -0.493 e. The van der Waals surface area contributed by atoms with Crippen molar-refractivity contribution < 1.29 is 18.3 Å².